The minimum atomic E-state index is -0.686. The third kappa shape index (κ3) is 17.6. The molecule has 0 aromatic carbocycles. The van der Waals surface area contributed by atoms with Crippen LogP contribution in [0, 0.1) is 0 Å². The van der Waals surface area contributed by atoms with Gasteiger partial charge in [-0.15, -0.1) is 0 Å². The summed E-state index contributed by atoms with van der Waals surface area (Å²) in [6.45, 7) is 19.3. The number of hydrogen-bond acceptors (Lipinski definition) is 18. The summed E-state index contributed by atoms with van der Waals surface area (Å²) in [4.78, 5) is 89.0. The highest BCUT2D eigenvalue weighted by Gasteiger charge is 2.22. The molecule has 276 valence electrons. The molecule has 51 heavy (non-hydrogen) atoms. The van der Waals surface area contributed by atoms with Gasteiger partial charge in [0.25, 0.3) is 0 Å². The number of carbonyl (C=O) groups excluding carboxylic acids is 6. The summed E-state index contributed by atoms with van der Waals surface area (Å²) in [5, 5.41) is 0. The first-order valence-electron chi connectivity index (χ1n) is 15.3. The van der Waals surface area contributed by atoms with E-state index in [1.54, 1.807) is 0 Å². The van der Waals surface area contributed by atoms with Gasteiger partial charge < -0.3 is 43.1 Å². The first-order valence-corrected chi connectivity index (χ1v) is 15.3. The van der Waals surface area contributed by atoms with Gasteiger partial charge >= 0.3 is 35.8 Å². The number of anilines is 3. The third-order valence-electron chi connectivity index (χ3n) is 6.08. The lowest BCUT2D eigenvalue weighted by Crippen LogP contribution is -2.38. The van der Waals surface area contributed by atoms with Crippen molar-refractivity contribution in [2.75, 3.05) is 93.6 Å². The van der Waals surface area contributed by atoms with E-state index in [1.807, 2.05) is 0 Å². The van der Waals surface area contributed by atoms with Crippen molar-refractivity contribution >= 4 is 53.7 Å². The smallest absolute Gasteiger partial charge is 0.330 e. The molecular formula is C33H42N6O12. The third-order valence-corrected chi connectivity index (χ3v) is 6.08. The highest BCUT2D eigenvalue weighted by Crippen LogP contribution is 2.20. The Balaban J connectivity index is 3.78. The fourth-order valence-electron chi connectivity index (χ4n) is 3.60. The normalized spacial score (nSPS) is 9.88. The largest absolute Gasteiger partial charge is 0.461 e. The summed E-state index contributed by atoms with van der Waals surface area (Å²) in [7, 11) is 0. The van der Waals surface area contributed by atoms with Gasteiger partial charge in [0, 0.05) is 36.5 Å². The van der Waals surface area contributed by atoms with E-state index in [0.29, 0.717) is 0 Å². The van der Waals surface area contributed by atoms with Crippen molar-refractivity contribution in [2.45, 2.75) is 0 Å². The Morgan fingerprint density at radius 1 is 0.373 bits per heavy atom. The van der Waals surface area contributed by atoms with Gasteiger partial charge in [-0.1, -0.05) is 39.5 Å². The Labute approximate surface area is 295 Å². The molecule has 0 amide bonds. The molecule has 0 unspecified atom stereocenters. The van der Waals surface area contributed by atoms with Gasteiger partial charge in [-0.2, -0.15) is 15.0 Å². The van der Waals surface area contributed by atoms with Crippen LogP contribution >= 0.6 is 0 Å². The first kappa shape index (κ1) is 42.7. The maximum absolute atomic E-state index is 11.8. The molecule has 0 saturated heterocycles. The van der Waals surface area contributed by atoms with Crippen LogP contribution in [0.5, 0.6) is 0 Å². The summed E-state index contributed by atoms with van der Waals surface area (Å²) in [6, 6.07) is 0. The number of ether oxygens (including phenoxy) is 6. The van der Waals surface area contributed by atoms with E-state index in [-0.39, 0.29) is 96.8 Å². The predicted molar refractivity (Wildman–Crippen MR) is 183 cm³/mol. The Kier molecular flexibility index (Phi) is 20.7. The lowest BCUT2D eigenvalue weighted by molar-refractivity contribution is -0.138. The molecule has 0 aliphatic heterocycles. The second-order valence-electron chi connectivity index (χ2n) is 9.43. The van der Waals surface area contributed by atoms with Crippen LogP contribution < -0.4 is 14.7 Å². The van der Waals surface area contributed by atoms with Crippen LogP contribution in [0.3, 0.4) is 0 Å². The summed E-state index contributed by atoms with van der Waals surface area (Å²) < 4.78 is 30.9. The van der Waals surface area contributed by atoms with Gasteiger partial charge in [0.05, 0.1) is 39.3 Å². The van der Waals surface area contributed by atoms with Crippen molar-refractivity contribution in [1.29, 1.82) is 0 Å². The van der Waals surface area contributed by atoms with Crippen molar-refractivity contribution in [2.24, 2.45) is 0 Å². The highest BCUT2D eigenvalue weighted by molar-refractivity contribution is 5.83. The molecular weight excluding hydrogens is 672 g/mol. The van der Waals surface area contributed by atoms with Crippen LogP contribution in [-0.4, -0.2) is 130 Å². The van der Waals surface area contributed by atoms with E-state index >= 15 is 0 Å². The molecule has 0 radical (unpaired) electrons. The van der Waals surface area contributed by atoms with Crippen LogP contribution in [0.15, 0.2) is 75.9 Å². The average Bonchev–Trinajstić information content (AvgIpc) is 3.14. The number of hydrogen-bond donors (Lipinski definition) is 0. The topological polar surface area (TPSA) is 206 Å². The molecule has 0 N–H and O–H groups in total. The first-order chi connectivity index (χ1) is 24.5. The van der Waals surface area contributed by atoms with Gasteiger partial charge in [0.15, 0.2) is 0 Å². The second-order valence-corrected chi connectivity index (χ2v) is 9.43. The summed E-state index contributed by atoms with van der Waals surface area (Å²) in [6.07, 6.45) is 5.93. The second kappa shape index (κ2) is 24.8. The lowest BCUT2D eigenvalue weighted by atomic mass is 10.4. The van der Waals surface area contributed by atoms with E-state index in [4.69, 9.17) is 28.4 Å². The number of nitrogens with zero attached hydrogens (tertiary/aromatic N) is 6. The van der Waals surface area contributed by atoms with Crippen molar-refractivity contribution in [3.63, 3.8) is 0 Å². The Hall–Kier alpha value is -6.33. The van der Waals surface area contributed by atoms with Crippen LogP contribution in [0.2, 0.25) is 0 Å². The van der Waals surface area contributed by atoms with E-state index in [9.17, 15) is 28.8 Å². The number of aromatic nitrogens is 3. The highest BCUT2D eigenvalue weighted by atomic mass is 16.6. The lowest BCUT2D eigenvalue weighted by Gasteiger charge is -2.29. The van der Waals surface area contributed by atoms with Crippen molar-refractivity contribution < 1.29 is 57.2 Å². The van der Waals surface area contributed by atoms with E-state index in [0.717, 1.165) is 36.5 Å². The van der Waals surface area contributed by atoms with Crippen LogP contribution in [0.4, 0.5) is 17.8 Å². The Bertz CT molecular complexity index is 1180. The van der Waals surface area contributed by atoms with E-state index < -0.39 is 35.8 Å². The fraction of sp³-hybridized carbons (Fsp3) is 0.364. The van der Waals surface area contributed by atoms with E-state index in [1.165, 1.54) is 14.7 Å². The molecule has 18 heteroatoms. The average molecular weight is 715 g/mol. The molecule has 0 spiro atoms. The van der Waals surface area contributed by atoms with Crippen molar-refractivity contribution in [3.8, 4) is 0 Å². The molecule has 1 rings (SSSR count). The van der Waals surface area contributed by atoms with E-state index in [2.05, 4.69) is 54.4 Å². The predicted octanol–water partition coefficient (Wildman–Crippen LogP) is 0.666. The van der Waals surface area contributed by atoms with Crippen LogP contribution in [0.25, 0.3) is 0 Å². The number of rotatable bonds is 27. The maximum Gasteiger partial charge on any atom is 0.330 e. The molecule has 0 atom stereocenters. The Morgan fingerprint density at radius 2 is 0.529 bits per heavy atom. The SMILES string of the molecule is C=CC(=O)OCCN(CCOC(=O)C=C)c1nc(N(CCOC(=O)C=C)CCOC(=O)C=C)nc(N(CCOC(=O)C=C)CCOC(=O)C=C)n1. The molecule has 0 fully saturated rings. The zero-order valence-corrected chi connectivity index (χ0v) is 28.3. The molecule has 1 aromatic heterocycles. The molecule has 18 nitrogen and oxygen atoms in total. The number of carbonyl (C=O) groups is 6. The van der Waals surface area contributed by atoms with Gasteiger partial charge in [-0.05, 0) is 0 Å². The fourth-order valence-corrected chi connectivity index (χ4v) is 3.60. The molecule has 0 aliphatic rings. The van der Waals surface area contributed by atoms with Gasteiger partial charge in [0.2, 0.25) is 17.8 Å². The Morgan fingerprint density at radius 3 is 0.667 bits per heavy atom. The van der Waals surface area contributed by atoms with Crippen LogP contribution in [0.1, 0.15) is 0 Å². The van der Waals surface area contributed by atoms with Crippen LogP contribution in [-0.2, 0) is 57.2 Å². The summed E-state index contributed by atoms with van der Waals surface area (Å²) in [5.74, 6) is -4.14. The summed E-state index contributed by atoms with van der Waals surface area (Å²) in [5.41, 5.74) is 0. The molecule has 1 heterocycles. The standard InChI is InChI=1S/C33H42N6O12/c1-7-25(40)46-19-13-37(14-20-47-26(41)8-2)31-34-32(38(15-21-48-27(42)9-3)16-22-49-28(43)10-4)36-33(35-31)39(17-23-50-29(44)11-5)18-24-51-30(45)12-6/h7-12H,1-6,13-24H2. The van der Waals surface area contributed by atoms with Gasteiger partial charge in [-0.3, -0.25) is 0 Å². The molecule has 0 aliphatic carbocycles. The zero-order chi connectivity index (χ0) is 38.0. The molecule has 1 aromatic rings. The minimum Gasteiger partial charge on any atom is -0.461 e. The minimum absolute atomic E-state index is 0.00406. The quantitative estimate of drug-likeness (QED) is 0.0697. The monoisotopic (exact) mass is 714 g/mol. The number of esters is 6. The zero-order valence-electron chi connectivity index (χ0n) is 28.3. The van der Waals surface area contributed by atoms with Gasteiger partial charge in [0.1, 0.15) is 39.6 Å². The maximum atomic E-state index is 11.8. The van der Waals surface area contributed by atoms with Crippen molar-refractivity contribution in [1.82, 2.24) is 15.0 Å². The van der Waals surface area contributed by atoms with Crippen molar-refractivity contribution in [3.05, 3.63) is 75.9 Å². The summed E-state index contributed by atoms with van der Waals surface area (Å²) >= 11 is 0. The molecule has 0 saturated carbocycles. The van der Waals surface area contributed by atoms with Gasteiger partial charge in [-0.25, -0.2) is 28.8 Å². The molecule has 0 bridgehead atoms.